The van der Waals surface area contributed by atoms with Gasteiger partial charge in [-0.15, -0.1) is 0 Å². The van der Waals surface area contributed by atoms with Gasteiger partial charge in [0.05, 0.1) is 6.07 Å². The molecule has 0 amide bonds. The highest BCUT2D eigenvalue weighted by Gasteiger charge is 1.95. The van der Waals surface area contributed by atoms with Gasteiger partial charge in [0, 0.05) is 6.08 Å². The van der Waals surface area contributed by atoms with Crippen molar-refractivity contribution >= 4 is 7.12 Å². The maximum atomic E-state index is 8.00. The van der Waals surface area contributed by atoms with Gasteiger partial charge in [-0.2, -0.15) is 5.26 Å². The van der Waals surface area contributed by atoms with Crippen LogP contribution in [0.25, 0.3) is 0 Å². The molecule has 0 saturated heterocycles. The van der Waals surface area contributed by atoms with Crippen molar-refractivity contribution in [1.82, 2.24) is 0 Å². The smallest absolute Gasteiger partial charge is 0.424 e. The Morgan fingerprint density at radius 1 is 1.57 bits per heavy atom. The highest BCUT2D eigenvalue weighted by Crippen LogP contribution is 1.69. The van der Waals surface area contributed by atoms with Crippen molar-refractivity contribution in [2.24, 2.45) is 0 Å². The summed E-state index contributed by atoms with van der Waals surface area (Å²) in [6.07, 6.45) is 1.00. The molecule has 4 heteroatoms. The van der Waals surface area contributed by atoms with Crippen LogP contribution in [0.4, 0.5) is 0 Å². The van der Waals surface area contributed by atoms with E-state index in [1.54, 1.807) is 6.07 Å². The molecule has 0 atom stereocenters. The highest BCUT2D eigenvalue weighted by atomic mass is 16.4. The Balaban J connectivity index is 3.31. The Hall–Kier alpha value is -0.785. The van der Waals surface area contributed by atoms with E-state index in [1.807, 2.05) is 0 Å². The lowest BCUT2D eigenvalue weighted by molar-refractivity contribution is 0.424. The first kappa shape index (κ1) is 6.21. The largest absolute Gasteiger partial charge is 0.481 e. The molecule has 0 aliphatic heterocycles. The number of nitrogens with zero attached hydrogens (tertiary/aromatic N) is 1. The van der Waals surface area contributed by atoms with Crippen molar-refractivity contribution < 1.29 is 10.0 Å². The lowest BCUT2D eigenvalue weighted by Gasteiger charge is -1.77. The molecule has 0 fully saturated rings. The fourth-order valence-electron chi connectivity index (χ4n) is 0.129. The molecule has 0 bridgehead atoms. The van der Waals surface area contributed by atoms with Crippen LogP contribution >= 0.6 is 0 Å². The van der Waals surface area contributed by atoms with Crippen LogP contribution < -0.4 is 0 Å². The van der Waals surface area contributed by atoms with Crippen molar-refractivity contribution in [2.45, 2.75) is 0 Å². The second-order valence-corrected chi connectivity index (χ2v) is 0.902. The number of hydrogen-bond donors (Lipinski definition) is 2. The minimum atomic E-state index is -1.50. The van der Waals surface area contributed by atoms with Gasteiger partial charge >= 0.3 is 7.12 Å². The van der Waals surface area contributed by atoms with Crippen LogP contribution in [-0.2, 0) is 0 Å². The summed E-state index contributed by atoms with van der Waals surface area (Å²) in [5.74, 6) is 0.972. The molecule has 0 radical (unpaired) electrons. The third-order valence-corrected chi connectivity index (χ3v) is 0.343. The number of rotatable bonds is 1. The molecule has 3 nitrogen and oxygen atoms in total. The second-order valence-electron chi connectivity index (χ2n) is 0.902. The van der Waals surface area contributed by atoms with Crippen LogP contribution in [0.1, 0.15) is 0 Å². The van der Waals surface area contributed by atoms with Gasteiger partial charge in [-0.05, 0) is 5.98 Å². The van der Waals surface area contributed by atoms with Gasteiger partial charge in [0.25, 0.3) is 0 Å². The zero-order chi connectivity index (χ0) is 5.70. The lowest BCUT2D eigenvalue weighted by atomic mass is 9.92. The van der Waals surface area contributed by atoms with Gasteiger partial charge in [-0.25, -0.2) is 0 Å². The Labute approximate surface area is 41.7 Å². The third-order valence-electron chi connectivity index (χ3n) is 0.343. The quantitative estimate of drug-likeness (QED) is 0.328. The van der Waals surface area contributed by atoms with Crippen molar-refractivity contribution in [2.75, 3.05) is 0 Å². The molecular formula is C3H4BNO2. The van der Waals surface area contributed by atoms with E-state index in [4.69, 9.17) is 15.3 Å². The van der Waals surface area contributed by atoms with Gasteiger partial charge < -0.3 is 10.0 Å². The van der Waals surface area contributed by atoms with E-state index in [0.717, 1.165) is 12.1 Å². The van der Waals surface area contributed by atoms with Crippen molar-refractivity contribution in [3.8, 4) is 6.07 Å². The van der Waals surface area contributed by atoms with E-state index in [9.17, 15) is 0 Å². The van der Waals surface area contributed by atoms with Gasteiger partial charge in [-0.1, -0.05) is 0 Å². The third kappa shape index (κ3) is 5.21. The Bertz CT molecular complexity index is 104. The molecule has 0 unspecified atom stereocenters. The average Bonchev–Trinajstić information content (AvgIpc) is 1.61. The standard InChI is InChI=1S/C3H4BNO2/c5-3-1-2-4(6)7/h1-2,6-7H/b2-1+. The van der Waals surface area contributed by atoms with Crippen molar-refractivity contribution in [3.05, 3.63) is 12.1 Å². The van der Waals surface area contributed by atoms with Crippen LogP contribution in [0, 0.1) is 11.3 Å². The van der Waals surface area contributed by atoms with Crippen LogP contribution in [0.5, 0.6) is 0 Å². The van der Waals surface area contributed by atoms with Gasteiger partial charge in [0.1, 0.15) is 0 Å². The predicted octanol–water partition coefficient (Wildman–Crippen LogP) is -0.922. The maximum Gasteiger partial charge on any atom is 0.481 e. The van der Waals surface area contributed by atoms with Crippen LogP contribution in [0.3, 0.4) is 0 Å². The molecular weight excluding hydrogens is 92.8 g/mol. The number of hydrogen-bond acceptors (Lipinski definition) is 3. The summed E-state index contributed by atoms with van der Waals surface area (Å²) in [7, 11) is -1.50. The summed E-state index contributed by atoms with van der Waals surface area (Å²) in [6.45, 7) is 0. The Kier molecular flexibility index (Phi) is 3.02. The first-order chi connectivity index (χ1) is 3.27. The fourth-order valence-corrected chi connectivity index (χ4v) is 0.129. The summed E-state index contributed by atoms with van der Waals surface area (Å²) in [4.78, 5) is 0. The molecule has 0 aromatic carbocycles. The maximum absolute atomic E-state index is 8.00. The van der Waals surface area contributed by atoms with Crippen LogP contribution in [0.15, 0.2) is 12.1 Å². The molecule has 0 saturated carbocycles. The number of nitriles is 1. The van der Waals surface area contributed by atoms with Crippen LogP contribution in [-0.4, -0.2) is 17.2 Å². The molecule has 0 aliphatic carbocycles. The van der Waals surface area contributed by atoms with E-state index >= 15 is 0 Å². The fraction of sp³-hybridized carbons (Fsp3) is 0. The molecule has 7 heavy (non-hydrogen) atoms. The second kappa shape index (κ2) is 3.41. The minimum absolute atomic E-state index is 0.972. The molecule has 0 aromatic rings. The highest BCUT2D eigenvalue weighted by molar-refractivity contribution is 6.47. The van der Waals surface area contributed by atoms with E-state index in [0.29, 0.717) is 0 Å². The van der Waals surface area contributed by atoms with Crippen molar-refractivity contribution in [1.29, 1.82) is 5.26 Å². The first-order valence-electron chi connectivity index (χ1n) is 1.70. The molecule has 0 rings (SSSR count). The Morgan fingerprint density at radius 3 is 2.29 bits per heavy atom. The SMILES string of the molecule is N#C/C=C/B(O)O. The average molecular weight is 96.9 g/mol. The summed E-state index contributed by atoms with van der Waals surface area (Å²) < 4.78 is 0. The molecule has 0 aromatic heterocycles. The molecule has 2 N–H and O–H groups in total. The topological polar surface area (TPSA) is 64.2 Å². The normalized spacial score (nSPS) is 8.71. The molecule has 0 aliphatic rings. The summed E-state index contributed by atoms with van der Waals surface area (Å²) in [5, 5.41) is 23.8. The zero-order valence-corrected chi connectivity index (χ0v) is 3.57. The van der Waals surface area contributed by atoms with Crippen molar-refractivity contribution in [3.63, 3.8) is 0 Å². The van der Waals surface area contributed by atoms with E-state index in [-0.39, 0.29) is 0 Å². The van der Waals surface area contributed by atoms with E-state index < -0.39 is 7.12 Å². The minimum Gasteiger partial charge on any atom is -0.424 e. The summed E-state index contributed by atoms with van der Waals surface area (Å²) >= 11 is 0. The number of allylic oxidation sites excluding steroid dienone is 1. The summed E-state index contributed by atoms with van der Waals surface area (Å²) in [5.41, 5.74) is 0. The molecule has 0 heterocycles. The monoisotopic (exact) mass is 97.0 g/mol. The van der Waals surface area contributed by atoms with E-state index in [1.165, 1.54) is 0 Å². The Morgan fingerprint density at radius 2 is 2.14 bits per heavy atom. The zero-order valence-electron chi connectivity index (χ0n) is 3.57. The first-order valence-corrected chi connectivity index (χ1v) is 1.70. The van der Waals surface area contributed by atoms with Gasteiger partial charge in [0.15, 0.2) is 0 Å². The lowest BCUT2D eigenvalue weighted by Crippen LogP contribution is -2.04. The predicted molar refractivity (Wildman–Crippen MR) is 24.9 cm³/mol. The molecule has 36 valence electrons. The molecule has 0 spiro atoms. The van der Waals surface area contributed by atoms with Crippen LogP contribution in [0.2, 0.25) is 0 Å². The van der Waals surface area contributed by atoms with Gasteiger partial charge in [-0.3, -0.25) is 0 Å². The summed E-state index contributed by atoms with van der Waals surface area (Å²) in [6, 6.07) is 1.60. The van der Waals surface area contributed by atoms with E-state index in [2.05, 4.69) is 0 Å². The van der Waals surface area contributed by atoms with Gasteiger partial charge in [0.2, 0.25) is 0 Å².